The lowest BCUT2D eigenvalue weighted by atomic mass is 10.1. The zero-order valence-electron chi connectivity index (χ0n) is 24.4. The Labute approximate surface area is 256 Å². The molecular formula is C29H39F3N2O8S2. The second kappa shape index (κ2) is 17.4. The highest BCUT2D eigenvalue weighted by molar-refractivity contribution is 7.93. The van der Waals surface area contributed by atoms with Gasteiger partial charge in [-0.2, -0.15) is 30.0 Å². The van der Waals surface area contributed by atoms with E-state index in [9.17, 15) is 39.4 Å². The third-order valence-corrected chi connectivity index (χ3v) is 8.92. The zero-order valence-corrected chi connectivity index (χ0v) is 26.1. The van der Waals surface area contributed by atoms with Gasteiger partial charge in [0.25, 0.3) is 10.1 Å². The molecule has 44 heavy (non-hydrogen) atoms. The lowest BCUT2D eigenvalue weighted by Gasteiger charge is -2.17. The Hall–Kier alpha value is -3.17. The van der Waals surface area contributed by atoms with E-state index in [0.29, 0.717) is 6.61 Å². The first-order valence-corrected chi connectivity index (χ1v) is 17.3. The summed E-state index contributed by atoms with van der Waals surface area (Å²) in [5, 5.41) is 7.35. The first-order chi connectivity index (χ1) is 20.6. The Bertz CT molecular complexity index is 1460. The van der Waals surface area contributed by atoms with Crippen LogP contribution in [0, 0.1) is 0 Å². The van der Waals surface area contributed by atoms with Crippen molar-refractivity contribution in [2.75, 3.05) is 11.3 Å². The van der Waals surface area contributed by atoms with Gasteiger partial charge in [-0.25, -0.2) is 9.78 Å². The number of anilines is 1. The Balaban J connectivity index is 2.14. The minimum atomic E-state index is -5.78. The maximum absolute atomic E-state index is 12.8. The molecule has 0 aliphatic carbocycles. The van der Waals surface area contributed by atoms with Gasteiger partial charge in [-0.05, 0) is 42.3 Å². The maximum atomic E-state index is 12.8. The van der Waals surface area contributed by atoms with Crippen molar-refractivity contribution in [3.63, 3.8) is 0 Å². The van der Waals surface area contributed by atoms with Gasteiger partial charge in [0.15, 0.2) is 0 Å². The van der Waals surface area contributed by atoms with Crippen LogP contribution in [0.25, 0.3) is 6.08 Å². The number of aromatic nitrogens is 1. The monoisotopic (exact) mass is 664 g/mol. The molecule has 0 saturated heterocycles. The van der Waals surface area contributed by atoms with Crippen molar-refractivity contribution >= 4 is 37.9 Å². The van der Waals surface area contributed by atoms with Crippen LogP contribution >= 0.6 is 0 Å². The number of aliphatic carboxylic acids is 1. The number of carbonyl (C=O) groups is 1. The van der Waals surface area contributed by atoms with Crippen molar-refractivity contribution in [1.82, 2.24) is 4.98 Å². The van der Waals surface area contributed by atoms with Gasteiger partial charge in [0, 0.05) is 23.9 Å². The molecule has 0 bridgehead atoms. The van der Waals surface area contributed by atoms with Gasteiger partial charge in [-0.15, -0.1) is 0 Å². The average Bonchev–Trinajstić information content (AvgIpc) is 2.92. The summed E-state index contributed by atoms with van der Waals surface area (Å²) in [6, 6.07) is 7.06. The van der Waals surface area contributed by atoms with Gasteiger partial charge in [0.1, 0.15) is 16.7 Å². The Kier molecular flexibility index (Phi) is 14.6. The first-order valence-electron chi connectivity index (χ1n) is 14.3. The number of rotatable bonds is 20. The molecule has 1 aromatic heterocycles. The number of nitrogens with zero attached hydrogens (tertiary/aromatic N) is 1. The first kappa shape index (κ1) is 37.0. The molecule has 3 N–H and O–H groups in total. The van der Waals surface area contributed by atoms with Gasteiger partial charge in [-0.3, -0.25) is 9.27 Å². The van der Waals surface area contributed by atoms with E-state index in [1.165, 1.54) is 67.5 Å². The van der Waals surface area contributed by atoms with E-state index in [-0.39, 0.29) is 22.7 Å². The quantitative estimate of drug-likeness (QED) is 0.0776. The molecular weight excluding hydrogens is 625 g/mol. The molecule has 2 aromatic rings. The van der Waals surface area contributed by atoms with Crippen molar-refractivity contribution in [3.8, 4) is 5.75 Å². The summed E-state index contributed by atoms with van der Waals surface area (Å²) in [5.74, 6) is -0.999. The van der Waals surface area contributed by atoms with Gasteiger partial charge in [-0.1, -0.05) is 76.8 Å². The topological polar surface area (TPSA) is 160 Å². The Morgan fingerprint density at radius 3 is 2.16 bits per heavy atom. The lowest BCUT2D eigenvalue weighted by Crippen LogP contribution is -2.30. The fourth-order valence-electron chi connectivity index (χ4n) is 4.38. The molecule has 2 rings (SSSR count). The number of alkyl halides is 3. The minimum Gasteiger partial charge on any atom is -0.491 e. The highest BCUT2D eigenvalue weighted by atomic mass is 32.2. The van der Waals surface area contributed by atoms with Crippen LogP contribution in [0.2, 0.25) is 0 Å². The van der Waals surface area contributed by atoms with Crippen LogP contribution in [0.1, 0.15) is 93.3 Å². The number of nitrogens with one attached hydrogen (secondary N) is 1. The van der Waals surface area contributed by atoms with Gasteiger partial charge < -0.3 is 9.84 Å². The highest BCUT2D eigenvalue weighted by Gasteiger charge is 2.46. The minimum absolute atomic E-state index is 0.0882. The van der Waals surface area contributed by atoms with Crippen molar-refractivity contribution in [1.29, 1.82) is 0 Å². The van der Waals surface area contributed by atoms with Crippen LogP contribution < -0.4 is 9.46 Å². The van der Waals surface area contributed by atoms with Crippen molar-refractivity contribution in [2.24, 2.45) is 0 Å². The number of carboxylic acid groups (broad SMARTS) is 1. The lowest BCUT2D eigenvalue weighted by molar-refractivity contribution is -0.131. The number of halogens is 3. The maximum Gasteiger partial charge on any atom is 0.516 e. The third-order valence-electron chi connectivity index (χ3n) is 6.65. The molecule has 246 valence electrons. The second-order valence-corrected chi connectivity index (χ2v) is 13.5. The van der Waals surface area contributed by atoms with Crippen LogP contribution in [-0.2, 0) is 31.4 Å². The van der Waals surface area contributed by atoms with Crippen LogP contribution in [-0.4, -0.2) is 49.6 Å². The summed E-state index contributed by atoms with van der Waals surface area (Å²) >= 11 is 0. The number of pyridine rings is 1. The summed E-state index contributed by atoms with van der Waals surface area (Å²) in [6.07, 6.45) is 12.9. The van der Waals surface area contributed by atoms with Gasteiger partial charge >= 0.3 is 21.5 Å². The summed E-state index contributed by atoms with van der Waals surface area (Å²) in [5.41, 5.74) is -6.20. The number of ether oxygens (including phenoxy) is 1. The molecule has 10 nitrogen and oxygen atoms in total. The van der Waals surface area contributed by atoms with E-state index < -0.39 is 49.0 Å². The van der Waals surface area contributed by atoms with E-state index in [0.717, 1.165) is 50.0 Å². The summed E-state index contributed by atoms with van der Waals surface area (Å²) in [4.78, 5) is 15.4. The fraction of sp³-hybridized carbons (Fsp3) is 0.517. The normalized spacial score (nSPS) is 13.2. The van der Waals surface area contributed by atoms with E-state index in [4.69, 9.17) is 9.84 Å². The average molecular weight is 665 g/mol. The molecule has 0 saturated carbocycles. The molecule has 0 amide bonds. The molecule has 15 heteroatoms. The number of unbranched alkanes of at least 4 members (excludes halogenated alkanes) is 9. The predicted molar refractivity (Wildman–Crippen MR) is 161 cm³/mol. The highest BCUT2D eigenvalue weighted by Crippen LogP contribution is 2.31. The molecule has 0 fully saturated rings. The Morgan fingerprint density at radius 1 is 0.977 bits per heavy atom. The summed E-state index contributed by atoms with van der Waals surface area (Å²) < 4.78 is 103. The van der Waals surface area contributed by atoms with Gasteiger partial charge in [0.05, 0.1) is 6.61 Å². The van der Waals surface area contributed by atoms with Gasteiger partial charge in [0.2, 0.25) is 0 Å². The Morgan fingerprint density at radius 2 is 1.59 bits per heavy atom. The molecule has 0 spiro atoms. The largest absolute Gasteiger partial charge is 0.516 e. The SMILES string of the molecule is CCCCCCCCCCCCOc1ccc(CC(c2cccc(NS(=O)(=O)C(F)(F)F)c2)S(=O)(=O)O)nc1/C=C/C(=O)O. The second-order valence-electron chi connectivity index (χ2n) is 10.3. The van der Waals surface area contributed by atoms with E-state index in [2.05, 4.69) is 11.9 Å². The zero-order chi connectivity index (χ0) is 32.8. The van der Waals surface area contributed by atoms with Crippen LogP contribution in [0.3, 0.4) is 0 Å². The number of sulfonamides is 1. The number of benzene rings is 1. The molecule has 0 aliphatic rings. The molecule has 1 atom stereocenters. The van der Waals surface area contributed by atoms with Crippen LogP contribution in [0.5, 0.6) is 5.75 Å². The van der Waals surface area contributed by atoms with Crippen molar-refractivity contribution < 1.29 is 49.2 Å². The molecule has 1 unspecified atom stereocenters. The molecule has 1 heterocycles. The molecule has 0 aliphatic heterocycles. The van der Waals surface area contributed by atoms with Crippen LogP contribution in [0.15, 0.2) is 42.5 Å². The van der Waals surface area contributed by atoms with Crippen molar-refractivity contribution in [2.45, 2.75) is 88.3 Å². The molecule has 0 radical (unpaired) electrons. The van der Waals surface area contributed by atoms with Crippen LogP contribution in [0.4, 0.5) is 18.9 Å². The van der Waals surface area contributed by atoms with Crippen molar-refractivity contribution in [3.05, 3.63) is 59.4 Å². The number of carboxylic acids is 1. The number of hydrogen-bond acceptors (Lipinski definition) is 7. The fourth-order valence-corrected chi connectivity index (χ4v) is 5.81. The number of hydrogen-bond donors (Lipinski definition) is 3. The smallest absolute Gasteiger partial charge is 0.491 e. The predicted octanol–water partition coefficient (Wildman–Crippen LogP) is 6.91. The molecule has 1 aromatic carbocycles. The standard InChI is InChI=1S/C29H39F3N2O8S2/c1-2-3-4-5-6-7-8-9-10-11-19-42-26-17-15-23(33-25(26)16-18-28(35)36)21-27(43(37,38)39)22-13-12-14-24(20-22)34-44(40,41)29(30,31)32/h12-18,20,27,34H,2-11,19,21H2,1H3,(H,35,36)(H,37,38,39)/b18-16+. The summed E-state index contributed by atoms with van der Waals surface area (Å²) in [7, 11) is -10.6. The van der Waals surface area contributed by atoms with E-state index in [1.54, 1.807) is 0 Å². The van der Waals surface area contributed by atoms with E-state index >= 15 is 0 Å². The third kappa shape index (κ3) is 12.8. The van der Waals surface area contributed by atoms with E-state index in [1.807, 2.05) is 0 Å². The summed E-state index contributed by atoms with van der Waals surface area (Å²) in [6.45, 7) is 2.53.